The third kappa shape index (κ3) is 3.73. The van der Waals surface area contributed by atoms with Gasteiger partial charge in [0.2, 0.25) is 0 Å². The van der Waals surface area contributed by atoms with Crippen LogP contribution in [0.1, 0.15) is 6.42 Å². The number of hydrogen-bond donors (Lipinski definition) is 1. The zero-order valence-corrected chi connectivity index (χ0v) is 16.5. The number of hydrogen-bond acceptors (Lipinski definition) is 6. The molecule has 150 valence electrons. The summed E-state index contributed by atoms with van der Waals surface area (Å²) in [5.41, 5.74) is 0.939. The van der Waals surface area contributed by atoms with Crippen LogP contribution in [-0.2, 0) is 0 Å². The number of amides is 1. The van der Waals surface area contributed by atoms with Gasteiger partial charge in [0, 0.05) is 31.7 Å². The summed E-state index contributed by atoms with van der Waals surface area (Å²) < 4.78 is 12.8. The van der Waals surface area contributed by atoms with Crippen molar-refractivity contribution in [2.24, 2.45) is 0 Å². The van der Waals surface area contributed by atoms with Gasteiger partial charge in [0.15, 0.2) is 0 Å². The first-order chi connectivity index (χ1) is 14.2. The average molecular weight is 411 g/mol. The van der Waals surface area contributed by atoms with Gasteiger partial charge in [-0.2, -0.15) is 0 Å². The second-order valence-corrected chi connectivity index (χ2v) is 8.34. The van der Waals surface area contributed by atoms with Crippen molar-refractivity contribution in [2.45, 2.75) is 18.5 Å². The Bertz CT molecular complexity index is 989. The monoisotopic (exact) mass is 411 g/mol. The highest BCUT2D eigenvalue weighted by atomic mass is 32.1. The molecule has 7 nitrogen and oxygen atoms in total. The number of para-hydroxylation sites is 1. The zero-order chi connectivity index (χ0) is 19.8. The molecule has 2 bridgehead atoms. The maximum atomic E-state index is 11.2. The van der Waals surface area contributed by atoms with Crippen LogP contribution in [-0.4, -0.2) is 64.3 Å². The van der Waals surface area contributed by atoms with Gasteiger partial charge in [-0.1, -0.05) is 23.5 Å². The number of nitrogens with zero attached hydrogens (tertiary/aromatic N) is 3. The van der Waals surface area contributed by atoms with Crippen molar-refractivity contribution in [3.8, 4) is 16.7 Å². The van der Waals surface area contributed by atoms with E-state index in [0.717, 1.165) is 41.2 Å². The molecular weight excluding hydrogens is 390 g/mol. The molecule has 5 rings (SSSR count). The fourth-order valence-electron chi connectivity index (χ4n) is 4.14. The number of benzene rings is 2. The Balaban J connectivity index is 1.11. The fourth-order valence-corrected chi connectivity index (χ4v) is 4.97. The van der Waals surface area contributed by atoms with E-state index in [0.29, 0.717) is 24.4 Å². The third-order valence-corrected chi connectivity index (χ3v) is 6.46. The van der Waals surface area contributed by atoms with E-state index >= 15 is 0 Å². The topological polar surface area (TPSA) is 75.1 Å². The second-order valence-electron chi connectivity index (χ2n) is 7.34. The van der Waals surface area contributed by atoms with Gasteiger partial charge >= 0.3 is 6.09 Å². The number of carboxylic acid groups (broad SMARTS) is 1. The van der Waals surface area contributed by atoms with Crippen LogP contribution in [0.3, 0.4) is 0 Å². The number of likely N-dealkylation sites (tertiary alicyclic amines) is 2. The first-order valence-electron chi connectivity index (χ1n) is 9.65. The molecule has 1 aromatic heterocycles. The van der Waals surface area contributed by atoms with Gasteiger partial charge in [0.05, 0.1) is 10.2 Å². The van der Waals surface area contributed by atoms with Crippen molar-refractivity contribution >= 4 is 27.6 Å². The Labute approximate surface area is 172 Å². The smallest absolute Gasteiger partial charge is 0.407 e. The summed E-state index contributed by atoms with van der Waals surface area (Å²) in [5.74, 6) is 1.51. The minimum Gasteiger partial charge on any atom is -0.492 e. The lowest BCUT2D eigenvalue weighted by atomic mass is 10.2. The Hall–Kier alpha value is -2.84. The molecule has 2 aliphatic heterocycles. The molecule has 0 radical (unpaired) electrons. The van der Waals surface area contributed by atoms with Crippen LogP contribution in [0.25, 0.3) is 10.2 Å². The third-order valence-electron chi connectivity index (χ3n) is 5.55. The first kappa shape index (κ1) is 18.2. The van der Waals surface area contributed by atoms with Crippen LogP contribution in [0.5, 0.6) is 16.7 Å². The Morgan fingerprint density at radius 1 is 1.10 bits per heavy atom. The predicted octanol–water partition coefficient (Wildman–Crippen LogP) is 3.90. The summed E-state index contributed by atoms with van der Waals surface area (Å²) in [6, 6.07) is 16.0. The SMILES string of the molecule is O=C(O)N1C[C@@H]2C[C@H]1CN2CCOc1ccc(Oc2nc3ccccc3s2)cc1. The van der Waals surface area contributed by atoms with Crippen molar-refractivity contribution in [3.05, 3.63) is 48.5 Å². The van der Waals surface area contributed by atoms with Gasteiger partial charge in [-0.25, -0.2) is 9.78 Å². The normalized spacial score (nSPS) is 21.0. The molecule has 2 atom stereocenters. The van der Waals surface area contributed by atoms with Gasteiger partial charge in [0.1, 0.15) is 18.1 Å². The molecular formula is C21H21N3O4S. The van der Waals surface area contributed by atoms with Crippen LogP contribution in [0.15, 0.2) is 48.5 Å². The van der Waals surface area contributed by atoms with E-state index in [1.165, 1.54) is 11.3 Å². The van der Waals surface area contributed by atoms with Crippen LogP contribution in [0.2, 0.25) is 0 Å². The fraction of sp³-hybridized carbons (Fsp3) is 0.333. The van der Waals surface area contributed by atoms with Crippen LogP contribution >= 0.6 is 11.3 Å². The predicted molar refractivity (Wildman–Crippen MR) is 110 cm³/mol. The van der Waals surface area contributed by atoms with Crippen molar-refractivity contribution in [1.29, 1.82) is 0 Å². The molecule has 2 aliphatic rings. The van der Waals surface area contributed by atoms with Crippen molar-refractivity contribution in [2.75, 3.05) is 26.2 Å². The average Bonchev–Trinajstić information content (AvgIpc) is 3.42. The highest BCUT2D eigenvalue weighted by Gasteiger charge is 2.44. The maximum Gasteiger partial charge on any atom is 0.407 e. The standard InChI is InChI=1S/C21H21N3O4S/c25-21(26)24-13-14-11-15(24)12-23(14)9-10-27-16-5-7-17(8-6-16)28-20-22-18-3-1-2-4-19(18)29-20/h1-8,14-15H,9-13H2,(H,25,26)/t14-,15-/m0/s1. The van der Waals surface area contributed by atoms with E-state index in [-0.39, 0.29) is 6.04 Å². The molecule has 0 saturated carbocycles. The van der Waals surface area contributed by atoms with Crippen LogP contribution < -0.4 is 9.47 Å². The molecule has 3 heterocycles. The Morgan fingerprint density at radius 3 is 2.62 bits per heavy atom. The van der Waals surface area contributed by atoms with Gasteiger partial charge < -0.3 is 19.5 Å². The molecule has 29 heavy (non-hydrogen) atoms. The Kier molecular flexibility index (Phi) is 4.73. The summed E-state index contributed by atoms with van der Waals surface area (Å²) >= 11 is 1.52. The van der Waals surface area contributed by atoms with E-state index in [2.05, 4.69) is 9.88 Å². The van der Waals surface area contributed by atoms with Crippen LogP contribution in [0, 0.1) is 0 Å². The summed E-state index contributed by atoms with van der Waals surface area (Å²) in [5, 5.41) is 9.79. The highest BCUT2D eigenvalue weighted by molar-refractivity contribution is 7.20. The second kappa shape index (κ2) is 7.53. The van der Waals surface area contributed by atoms with Gasteiger partial charge in [-0.05, 0) is 42.8 Å². The van der Waals surface area contributed by atoms with E-state index in [9.17, 15) is 4.79 Å². The van der Waals surface area contributed by atoms with E-state index < -0.39 is 6.09 Å². The maximum absolute atomic E-state index is 11.2. The summed E-state index contributed by atoms with van der Waals surface area (Å²) in [6.45, 7) is 2.79. The zero-order valence-electron chi connectivity index (χ0n) is 15.7. The van der Waals surface area contributed by atoms with E-state index in [4.69, 9.17) is 14.6 Å². The quantitative estimate of drug-likeness (QED) is 0.663. The van der Waals surface area contributed by atoms with Gasteiger partial charge in [-0.15, -0.1) is 0 Å². The molecule has 2 saturated heterocycles. The number of ether oxygens (including phenoxy) is 2. The molecule has 0 spiro atoms. The molecule has 1 N–H and O–H groups in total. The molecule has 2 aromatic carbocycles. The molecule has 0 aliphatic carbocycles. The lowest BCUT2D eigenvalue weighted by Crippen LogP contribution is -2.49. The van der Waals surface area contributed by atoms with E-state index in [1.807, 2.05) is 48.5 Å². The lowest BCUT2D eigenvalue weighted by Gasteiger charge is -2.32. The summed E-state index contributed by atoms with van der Waals surface area (Å²) in [4.78, 5) is 19.5. The summed E-state index contributed by atoms with van der Waals surface area (Å²) in [7, 11) is 0. The molecule has 0 unspecified atom stereocenters. The number of thiazole rings is 1. The van der Waals surface area contributed by atoms with Crippen molar-refractivity contribution in [3.63, 3.8) is 0 Å². The Morgan fingerprint density at radius 2 is 1.90 bits per heavy atom. The van der Waals surface area contributed by atoms with E-state index in [1.54, 1.807) is 4.90 Å². The number of piperazine rings is 1. The number of fused-ring (bicyclic) bond motifs is 3. The van der Waals surface area contributed by atoms with Crippen LogP contribution in [0.4, 0.5) is 4.79 Å². The van der Waals surface area contributed by atoms with Gasteiger partial charge in [-0.3, -0.25) is 4.90 Å². The molecule has 2 fully saturated rings. The first-order valence-corrected chi connectivity index (χ1v) is 10.5. The molecule has 8 heteroatoms. The van der Waals surface area contributed by atoms with Crippen molar-refractivity contribution < 1.29 is 19.4 Å². The highest BCUT2D eigenvalue weighted by Crippen LogP contribution is 2.32. The molecule has 3 aromatic rings. The van der Waals surface area contributed by atoms with Gasteiger partial charge in [0.25, 0.3) is 5.19 Å². The minimum atomic E-state index is -0.804. The largest absolute Gasteiger partial charge is 0.492 e. The lowest BCUT2D eigenvalue weighted by molar-refractivity contribution is 0.0961. The molecule has 1 amide bonds. The number of aromatic nitrogens is 1. The number of carbonyl (C=O) groups is 1. The summed E-state index contributed by atoms with van der Waals surface area (Å²) in [6.07, 6.45) is 0.131. The minimum absolute atomic E-state index is 0.136. The van der Waals surface area contributed by atoms with Crippen molar-refractivity contribution in [1.82, 2.24) is 14.8 Å². The number of rotatable bonds is 6.